The van der Waals surface area contributed by atoms with Crippen LogP contribution in [0.4, 0.5) is 0 Å². The zero-order chi connectivity index (χ0) is 11.6. The van der Waals surface area contributed by atoms with Gasteiger partial charge in [-0.3, -0.25) is 0 Å². The summed E-state index contributed by atoms with van der Waals surface area (Å²) in [5, 5.41) is 13.9. The van der Waals surface area contributed by atoms with Crippen molar-refractivity contribution in [3.05, 3.63) is 48.3 Å². The molecule has 0 aliphatic rings. The number of rotatable bonds is 3. The Morgan fingerprint density at radius 2 is 1.94 bits per heavy atom. The molecule has 2 aromatic rings. The van der Waals surface area contributed by atoms with Crippen LogP contribution in [0.25, 0.3) is 5.69 Å². The lowest BCUT2D eigenvalue weighted by molar-refractivity contribution is 0.0810. The van der Waals surface area contributed by atoms with Crippen LogP contribution in [-0.4, -0.2) is 20.5 Å². The smallest absolute Gasteiger partial charge is 0.0645 e. The van der Waals surface area contributed by atoms with Crippen molar-refractivity contribution in [3.63, 3.8) is 0 Å². The fourth-order valence-electron chi connectivity index (χ4n) is 1.69. The maximum atomic E-state index is 9.71. The van der Waals surface area contributed by atoms with Gasteiger partial charge >= 0.3 is 0 Å². The van der Waals surface area contributed by atoms with Crippen molar-refractivity contribution in [2.75, 3.05) is 0 Å². The third-order valence-electron chi connectivity index (χ3n) is 2.34. The standard InChI is InChI=1S/C13H16N2O/c1-13(2,16)10-11-4-6-12(7-5-11)15-9-3-8-14-15/h3-9,16H,10H2,1-2H3. The summed E-state index contributed by atoms with van der Waals surface area (Å²) < 4.78 is 1.81. The molecule has 0 radical (unpaired) electrons. The average molecular weight is 216 g/mol. The second kappa shape index (κ2) is 4.10. The van der Waals surface area contributed by atoms with E-state index in [-0.39, 0.29) is 0 Å². The molecule has 0 fully saturated rings. The van der Waals surface area contributed by atoms with Gasteiger partial charge in [0, 0.05) is 18.8 Å². The Labute approximate surface area is 95.3 Å². The van der Waals surface area contributed by atoms with E-state index >= 15 is 0 Å². The molecule has 3 heteroatoms. The van der Waals surface area contributed by atoms with Gasteiger partial charge in [0.05, 0.1) is 11.3 Å². The van der Waals surface area contributed by atoms with Crippen LogP contribution in [0.15, 0.2) is 42.7 Å². The van der Waals surface area contributed by atoms with Crippen LogP contribution < -0.4 is 0 Å². The molecule has 0 unspecified atom stereocenters. The van der Waals surface area contributed by atoms with Gasteiger partial charge in [0.25, 0.3) is 0 Å². The van der Waals surface area contributed by atoms with E-state index in [2.05, 4.69) is 5.10 Å². The Hall–Kier alpha value is -1.61. The highest BCUT2D eigenvalue weighted by Gasteiger charge is 2.12. The van der Waals surface area contributed by atoms with Crippen LogP contribution in [0.3, 0.4) is 0 Å². The van der Waals surface area contributed by atoms with Gasteiger partial charge in [0.2, 0.25) is 0 Å². The van der Waals surface area contributed by atoms with Crippen LogP contribution in [-0.2, 0) is 6.42 Å². The third kappa shape index (κ3) is 2.70. The van der Waals surface area contributed by atoms with E-state index in [1.807, 2.05) is 55.1 Å². The fraction of sp³-hybridized carbons (Fsp3) is 0.308. The van der Waals surface area contributed by atoms with Crippen molar-refractivity contribution in [2.24, 2.45) is 0 Å². The van der Waals surface area contributed by atoms with Crippen LogP contribution in [0.2, 0.25) is 0 Å². The van der Waals surface area contributed by atoms with Crippen LogP contribution >= 0.6 is 0 Å². The van der Waals surface area contributed by atoms with E-state index in [1.165, 1.54) is 0 Å². The van der Waals surface area contributed by atoms with E-state index in [0.717, 1.165) is 11.3 Å². The summed E-state index contributed by atoms with van der Waals surface area (Å²) in [4.78, 5) is 0. The molecule has 1 aromatic heterocycles. The molecule has 0 bridgehead atoms. The molecule has 1 N–H and O–H groups in total. The van der Waals surface area contributed by atoms with Gasteiger partial charge in [0.1, 0.15) is 0 Å². The van der Waals surface area contributed by atoms with Crippen LogP contribution in [0.1, 0.15) is 19.4 Å². The van der Waals surface area contributed by atoms with Crippen molar-refractivity contribution >= 4 is 0 Å². The van der Waals surface area contributed by atoms with Gasteiger partial charge in [0.15, 0.2) is 0 Å². The molecule has 3 nitrogen and oxygen atoms in total. The molecular formula is C13H16N2O. The van der Waals surface area contributed by atoms with Crippen molar-refractivity contribution in [2.45, 2.75) is 25.9 Å². The molecule has 0 amide bonds. The van der Waals surface area contributed by atoms with Gasteiger partial charge < -0.3 is 5.11 Å². The molecule has 0 saturated carbocycles. The highest BCUT2D eigenvalue weighted by Crippen LogP contribution is 2.14. The SMILES string of the molecule is CC(C)(O)Cc1ccc(-n2cccn2)cc1. The van der Waals surface area contributed by atoms with E-state index in [4.69, 9.17) is 0 Å². The minimum absolute atomic E-state index is 0.659. The normalized spacial score (nSPS) is 11.7. The molecule has 2 rings (SSSR count). The fourth-order valence-corrected chi connectivity index (χ4v) is 1.69. The second-order valence-electron chi connectivity index (χ2n) is 4.61. The van der Waals surface area contributed by atoms with Gasteiger partial charge in [-0.05, 0) is 37.6 Å². The highest BCUT2D eigenvalue weighted by atomic mass is 16.3. The van der Waals surface area contributed by atoms with Gasteiger partial charge in [-0.25, -0.2) is 4.68 Å². The molecule has 84 valence electrons. The quantitative estimate of drug-likeness (QED) is 0.854. The lowest BCUT2D eigenvalue weighted by Crippen LogP contribution is -2.21. The maximum absolute atomic E-state index is 9.71. The first-order valence-electron chi connectivity index (χ1n) is 5.36. The largest absolute Gasteiger partial charge is 0.390 e. The van der Waals surface area contributed by atoms with Crippen LogP contribution in [0, 0.1) is 0 Å². The minimum Gasteiger partial charge on any atom is -0.390 e. The third-order valence-corrected chi connectivity index (χ3v) is 2.34. The minimum atomic E-state index is -0.660. The second-order valence-corrected chi connectivity index (χ2v) is 4.61. The van der Waals surface area contributed by atoms with E-state index < -0.39 is 5.60 Å². The number of nitrogens with zero attached hydrogens (tertiary/aromatic N) is 2. The maximum Gasteiger partial charge on any atom is 0.0645 e. The molecule has 0 atom stereocenters. The molecule has 1 aromatic carbocycles. The predicted octanol–water partition coefficient (Wildman–Crippen LogP) is 2.19. The Bertz CT molecular complexity index is 438. The molecule has 16 heavy (non-hydrogen) atoms. The topological polar surface area (TPSA) is 38.0 Å². The molecule has 0 saturated heterocycles. The Morgan fingerprint density at radius 3 is 2.44 bits per heavy atom. The zero-order valence-electron chi connectivity index (χ0n) is 9.59. The number of hydrogen-bond donors (Lipinski definition) is 1. The molecule has 0 aliphatic carbocycles. The summed E-state index contributed by atoms with van der Waals surface area (Å²) in [6.45, 7) is 3.63. The van der Waals surface area contributed by atoms with Crippen molar-refractivity contribution in [3.8, 4) is 5.69 Å². The highest BCUT2D eigenvalue weighted by molar-refractivity contribution is 5.34. The molecule has 0 spiro atoms. The van der Waals surface area contributed by atoms with Crippen molar-refractivity contribution < 1.29 is 5.11 Å². The van der Waals surface area contributed by atoms with Gasteiger partial charge in [-0.15, -0.1) is 0 Å². The van der Waals surface area contributed by atoms with Crippen molar-refractivity contribution in [1.29, 1.82) is 0 Å². The zero-order valence-corrected chi connectivity index (χ0v) is 9.59. The summed E-state index contributed by atoms with van der Waals surface area (Å²) >= 11 is 0. The first-order valence-corrected chi connectivity index (χ1v) is 5.36. The van der Waals surface area contributed by atoms with Crippen LogP contribution in [0.5, 0.6) is 0 Å². The Kier molecular flexibility index (Phi) is 2.79. The van der Waals surface area contributed by atoms with Gasteiger partial charge in [-0.1, -0.05) is 12.1 Å². The lowest BCUT2D eigenvalue weighted by atomic mass is 9.99. The number of aromatic nitrogens is 2. The summed E-state index contributed by atoms with van der Waals surface area (Å²) in [5.74, 6) is 0. The predicted molar refractivity (Wildman–Crippen MR) is 63.6 cm³/mol. The summed E-state index contributed by atoms with van der Waals surface area (Å²) in [6, 6.07) is 9.96. The number of aliphatic hydroxyl groups is 1. The molecule has 1 heterocycles. The van der Waals surface area contributed by atoms with Gasteiger partial charge in [-0.2, -0.15) is 5.10 Å². The average Bonchev–Trinajstić information content (AvgIpc) is 2.69. The first kappa shape index (κ1) is 10.9. The summed E-state index contributed by atoms with van der Waals surface area (Å²) in [6.07, 6.45) is 4.32. The molecular weight excluding hydrogens is 200 g/mol. The Morgan fingerprint density at radius 1 is 1.25 bits per heavy atom. The summed E-state index contributed by atoms with van der Waals surface area (Å²) in [5.41, 5.74) is 1.50. The first-order chi connectivity index (χ1) is 7.54. The molecule has 0 aliphatic heterocycles. The lowest BCUT2D eigenvalue weighted by Gasteiger charge is -2.17. The number of benzene rings is 1. The number of hydrogen-bond acceptors (Lipinski definition) is 2. The van der Waals surface area contributed by atoms with E-state index in [9.17, 15) is 5.11 Å². The summed E-state index contributed by atoms with van der Waals surface area (Å²) in [7, 11) is 0. The monoisotopic (exact) mass is 216 g/mol. The van der Waals surface area contributed by atoms with Crippen molar-refractivity contribution in [1.82, 2.24) is 9.78 Å². The Balaban J connectivity index is 2.17. The van der Waals surface area contributed by atoms with E-state index in [1.54, 1.807) is 6.20 Å². The van der Waals surface area contributed by atoms with E-state index in [0.29, 0.717) is 6.42 Å².